The summed E-state index contributed by atoms with van der Waals surface area (Å²) in [4.78, 5) is 4.31. The Kier molecular flexibility index (Phi) is 3.62. The Hall–Kier alpha value is -1.88. The summed E-state index contributed by atoms with van der Waals surface area (Å²) in [5, 5.41) is 3.04. The highest BCUT2D eigenvalue weighted by Gasteiger charge is 2.13. The number of hydrogen-bond acceptors (Lipinski definition) is 3. The molecule has 0 radical (unpaired) electrons. The Morgan fingerprint density at radius 1 is 1.44 bits per heavy atom. The van der Waals surface area contributed by atoms with Crippen LogP contribution in [0.2, 0.25) is 0 Å². The van der Waals surface area contributed by atoms with Crippen molar-refractivity contribution in [3.8, 4) is 17.0 Å². The topological polar surface area (TPSA) is 39.1 Å². The smallest absolute Gasteiger partial charge is 0.128 e. The molecule has 1 aromatic carbocycles. The molecule has 0 bridgehead atoms. The van der Waals surface area contributed by atoms with E-state index in [-0.39, 0.29) is 5.82 Å². The van der Waals surface area contributed by atoms with Crippen molar-refractivity contribution in [1.82, 2.24) is 14.9 Å². The number of nitrogens with zero attached hydrogens (tertiary/aromatic N) is 2. The zero-order chi connectivity index (χ0) is 13.1. The molecule has 1 aromatic heterocycles. The predicted octanol–water partition coefficient (Wildman–Crippen LogP) is 1.95. The predicted molar refractivity (Wildman–Crippen MR) is 67.9 cm³/mol. The lowest BCUT2D eigenvalue weighted by Crippen LogP contribution is -2.10. The Morgan fingerprint density at radius 2 is 2.22 bits per heavy atom. The molecule has 0 aliphatic carbocycles. The van der Waals surface area contributed by atoms with E-state index in [1.807, 2.05) is 18.7 Å². The first-order chi connectivity index (χ1) is 8.67. The van der Waals surface area contributed by atoms with E-state index in [9.17, 15) is 4.39 Å². The van der Waals surface area contributed by atoms with Crippen LogP contribution in [0.4, 0.5) is 4.39 Å². The minimum Gasteiger partial charge on any atom is -0.496 e. The van der Waals surface area contributed by atoms with Crippen molar-refractivity contribution in [2.45, 2.75) is 6.54 Å². The van der Waals surface area contributed by atoms with E-state index in [4.69, 9.17) is 4.74 Å². The van der Waals surface area contributed by atoms with Crippen LogP contribution in [-0.4, -0.2) is 23.7 Å². The molecule has 5 heteroatoms. The zero-order valence-corrected chi connectivity index (χ0v) is 10.7. The molecule has 1 N–H and O–H groups in total. The highest BCUT2D eigenvalue weighted by molar-refractivity contribution is 5.67. The van der Waals surface area contributed by atoms with Crippen LogP contribution in [0.3, 0.4) is 0 Å². The summed E-state index contributed by atoms with van der Waals surface area (Å²) in [5.41, 5.74) is 1.53. The Balaban J connectivity index is 2.51. The summed E-state index contributed by atoms with van der Waals surface area (Å²) in [5.74, 6) is 1.23. The summed E-state index contributed by atoms with van der Waals surface area (Å²) in [7, 11) is 5.33. The third-order valence-corrected chi connectivity index (χ3v) is 2.86. The van der Waals surface area contributed by atoms with Crippen LogP contribution < -0.4 is 10.1 Å². The second-order valence-electron chi connectivity index (χ2n) is 3.99. The van der Waals surface area contributed by atoms with Gasteiger partial charge in [0.25, 0.3) is 0 Å². The normalized spacial score (nSPS) is 10.7. The largest absolute Gasteiger partial charge is 0.496 e. The van der Waals surface area contributed by atoms with E-state index in [1.165, 1.54) is 12.1 Å². The minimum atomic E-state index is -0.290. The molecular weight excluding hydrogens is 233 g/mol. The highest BCUT2D eigenvalue weighted by atomic mass is 19.1. The molecule has 0 amide bonds. The van der Waals surface area contributed by atoms with E-state index in [2.05, 4.69) is 10.3 Å². The van der Waals surface area contributed by atoms with Crippen molar-refractivity contribution in [3.05, 3.63) is 36.0 Å². The third kappa shape index (κ3) is 2.22. The van der Waals surface area contributed by atoms with Gasteiger partial charge in [-0.05, 0) is 25.2 Å². The average molecular weight is 249 g/mol. The number of rotatable bonds is 4. The first-order valence-corrected chi connectivity index (χ1v) is 5.66. The van der Waals surface area contributed by atoms with Gasteiger partial charge in [-0.15, -0.1) is 0 Å². The van der Waals surface area contributed by atoms with Gasteiger partial charge in [0.1, 0.15) is 17.4 Å². The first-order valence-electron chi connectivity index (χ1n) is 5.66. The van der Waals surface area contributed by atoms with Gasteiger partial charge in [-0.1, -0.05) is 0 Å². The van der Waals surface area contributed by atoms with Gasteiger partial charge >= 0.3 is 0 Å². The number of halogens is 1. The number of benzene rings is 1. The lowest BCUT2D eigenvalue weighted by molar-refractivity contribution is 0.415. The molecular formula is C13H16FN3O. The summed E-state index contributed by atoms with van der Waals surface area (Å²) in [6.45, 7) is 0.661. The van der Waals surface area contributed by atoms with Gasteiger partial charge in [0.15, 0.2) is 0 Å². The average Bonchev–Trinajstić information content (AvgIpc) is 2.72. The molecule has 18 heavy (non-hydrogen) atoms. The van der Waals surface area contributed by atoms with Crippen molar-refractivity contribution in [2.24, 2.45) is 7.05 Å². The Bertz CT molecular complexity index is 551. The summed E-state index contributed by atoms with van der Waals surface area (Å²) >= 11 is 0. The summed E-state index contributed by atoms with van der Waals surface area (Å²) in [6, 6.07) is 4.46. The Morgan fingerprint density at radius 3 is 2.89 bits per heavy atom. The molecule has 0 atom stereocenters. The molecule has 1 heterocycles. The highest BCUT2D eigenvalue weighted by Crippen LogP contribution is 2.30. The van der Waals surface area contributed by atoms with Crippen molar-refractivity contribution < 1.29 is 9.13 Å². The van der Waals surface area contributed by atoms with E-state index >= 15 is 0 Å². The van der Waals surface area contributed by atoms with Gasteiger partial charge in [-0.3, -0.25) is 0 Å². The number of ether oxygens (including phenoxy) is 1. The fourth-order valence-electron chi connectivity index (χ4n) is 1.90. The number of hydrogen-bond donors (Lipinski definition) is 1. The monoisotopic (exact) mass is 249 g/mol. The third-order valence-electron chi connectivity index (χ3n) is 2.86. The molecule has 0 aliphatic rings. The molecule has 0 spiro atoms. The van der Waals surface area contributed by atoms with Gasteiger partial charge < -0.3 is 14.6 Å². The molecule has 2 aromatic rings. The number of nitrogens with one attached hydrogen (secondary N) is 1. The van der Waals surface area contributed by atoms with Gasteiger partial charge in [0, 0.05) is 12.6 Å². The quantitative estimate of drug-likeness (QED) is 0.900. The Labute approximate surface area is 105 Å². The second kappa shape index (κ2) is 5.18. The van der Waals surface area contributed by atoms with Gasteiger partial charge in [0.2, 0.25) is 0 Å². The van der Waals surface area contributed by atoms with E-state index in [0.29, 0.717) is 17.9 Å². The fraction of sp³-hybridized carbons (Fsp3) is 0.308. The molecule has 0 saturated heterocycles. The molecule has 4 nitrogen and oxygen atoms in total. The SMILES string of the molecule is CNCc1ncc(-c2cc(F)ccc2OC)n1C. The standard InChI is InChI=1S/C13H16FN3O/c1-15-8-13-16-7-11(17(13)2)10-6-9(14)4-5-12(10)18-3/h4-7,15H,8H2,1-3H3. The maximum atomic E-state index is 13.4. The summed E-state index contributed by atoms with van der Waals surface area (Å²) < 4.78 is 20.5. The lowest BCUT2D eigenvalue weighted by atomic mass is 10.1. The van der Waals surface area contributed by atoms with Gasteiger partial charge in [-0.25, -0.2) is 9.37 Å². The van der Waals surface area contributed by atoms with Crippen LogP contribution in [0.15, 0.2) is 24.4 Å². The van der Waals surface area contributed by atoms with E-state index in [1.54, 1.807) is 19.4 Å². The zero-order valence-electron chi connectivity index (χ0n) is 10.7. The molecule has 0 fully saturated rings. The first kappa shape index (κ1) is 12.6. The van der Waals surface area contributed by atoms with Crippen LogP contribution in [0.25, 0.3) is 11.3 Å². The van der Waals surface area contributed by atoms with Gasteiger partial charge in [0.05, 0.1) is 25.5 Å². The van der Waals surface area contributed by atoms with Crippen molar-refractivity contribution in [1.29, 1.82) is 0 Å². The lowest BCUT2D eigenvalue weighted by Gasteiger charge is -2.10. The van der Waals surface area contributed by atoms with Crippen LogP contribution >= 0.6 is 0 Å². The number of methoxy groups -OCH3 is 1. The number of aromatic nitrogens is 2. The van der Waals surface area contributed by atoms with Crippen molar-refractivity contribution >= 4 is 0 Å². The van der Waals surface area contributed by atoms with Gasteiger partial charge in [-0.2, -0.15) is 0 Å². The summed E-state index contributed by atoms with van der Waals surface area (Å²) in [6.07, 6.45) is 1.73. The van der Waals surface area contributed by atoms with Crippen LogP contribution in [0.5, 0.6) is 5.75 Å². The minimum absolute atomic E-state index is 0.290. The fourth-order valence-corrected chi connectivity index (χ4v) is 1.90. The molecule has 2 rings (SSSR count). The van der Waals surface area contributed by atoms with E-state index in [0.717, 1.165) is 11.5 Å². The maximum Gasteiger partial charge on any atom is 0.128 e. The molecule has 96 valence electrons. The molecule has 0 saturated carbocycles. The van der Waals surface area contributed by atoms with Crippen LogP contribution in [0.1, 0.15) is 5.82 Å². The van der Waals surface area contributed by atoms with Crippen LogP contribution in [0, 0.1) is 5.82 Å². The second-order valence-corrected chi connectivity index (χ2v) is 3.99. The van der Waals surface area contributed by atoms with Crippen molar-refractivity contribution in [3.63, 3.8) is 0 Å². The van der Waals surface area contributed by atoms with Crippen molar-refractivity contribution in [2.75, 3.05) is 14.2 Å². The molecule has 0 unspecified atom stereocenters. The number of imidazole rings is 1. The molecule has 0 aliphatic heterocycles. The van der Waals surface area contributed by atoms with E-state index < -0.39 is 0 Å². The van der Waals surface area contributed by atoms with Crippen LogP contribution in [-0.2, 0) is 13.6 Å². The maximum absolute atomic E-state index is 13.4.